The van der Waals surface area contributed by atoms with E-state index >= 15 is 0 Å². The summed E-state index contributed by atoms with van der Waals surface area (Å²) in [5.41, 5.74) is -0.0238. The topological polar surface area (TPSA) is 49.4 Å². The molecule has 0 saturated carbocycles. The predicted octanol–water partition coefficient (Wildman–Crippen LogP) is 2.67. The van der Waals surface area contributed by atoms with Crippen LogP contribution in [-0.2, 0) is 10.0 Å². The molecule has 1 fully saturated rings. The summed E-state index contributed by atoms with van der Waals surface area (Å²) in [6, 6.07) is -0.0330. The SMILES string of the molecule is CCCN1CC(C(C)(C)C)C(C(C)(C)C)NS(=O)(=O)C1. The Balaban J connectivity index is 3.20. The van der Waals surface area contributed by atoms with Gasteiger partial charge in [-0.05, 0) is 29.7 Å². The molecule has 4 nitrogen and oxygen atoms in total. The lowest BCUT2D eigenvalue weighted by atomic mass is 9.68. The molecule has 2 atom stereocenters. The second-order valence-electron chi connectivity index (χ2n) is 8.25. The number of sulfonamides is 1. The highest BCUT2D eigenvalue weighted by Gasteiger charge is 2.44. The monoisotopic (exact) mass is 304 g/mol. The average Bonchev–Trinajstić information content (AvgIpc) is 2.32. The van der Waals surface area contributed by atoms with E-state index in [-0.39, 0.29) is 22.7 Å². The van der Waals surface area contributed by atoms with Crippen LogP contribution in [0.1, 0.15) is 54.9 Å². The molecule has 0 radical (unpaired) electrons. The van der Waals surface area contributed by atoms with Crippen LogP contribution in [-0.4, -0.2) is 38.3 Å². The quantitative estimate of drug-likeness (QED) is 0.853. The maximum absolute atomic E-state index is 12.3. The fourth-order valence-electron chi connectivity index (χ4n) is 3.02. The van der Waals surface area contributed by atoms with Gasteiger partial charge in [-0.25, -0.2) is 13.1 Å². The summed E-state index contributed by atoms with van der Waals surface area (Å²) in [6.45, 7) is 16.8. The third-order valence-corrected chi connectivity index (χ3v) is 5.42. The standard InChI is InChI=1S/C15H32N2O2S/c1-8-9-17-10-12(14(2,3)4)13(15(5,6)7)16-20(18,19)11-17/h12-13,16H,8-11H2,1-7H3. The van der Waals surface area contributed by atoms with Gasteiger partial charge in [0.1, 0.15) is 5.88 Å². The van der Waals surface area contributed by atoms with Crippen LogP contribution in [0.2, 0.25) is 0 Å². The van der Waals surface area contributed by atoms with Crippen LogP contribution >= 0.6 is 0 Å². The first-order valence-corrected chi connectivity index (χ1v) is 9.24. The summed E-state index contributed by atoms with van der Waals surface area (Å²) in [7, 11) is -3.24. The maximum atomic E-state index is 12.3. The van der Waals surface area contributed by atoms with Gasteiger partial charge in [0, 0.05) is 12.6 Å². The maximum Gasteiger partial charge on any atom is 0.225 e. The van der Waals surface area contributed by atoms with Crippen LogP contribution in [0.4, 0.5) is 0 Å². The molecule has 120 valence electrons. The normalized spacial score (nSPS) is 29.1. The lowest BCUT2D eigenvalue weighted by Gasteiger charge is -2.43. The van der Waals surface area contributed by atoms with Crippen LogP contribution < -0.4 is 4.72 Å². The zero-order chi connectivity index (χ0) is 15.8. The Morgan fingerprint density at radius 2 is 1.65 bits per heavy atom. The Bertz CT molecular complexity index is 418. The molecule has 5 heteroatoms. The Kier molecular flexibility index (Phi) is 5.32. The molecular weight excluding hydrogens is 272 g/mol. The lowest BCUT2D eigenvalue weighted by Crippen LogP contribution is -2.51. The average molecular weight is 305 g/mol. The van der Waals surface area contributed by atoms with Crippen molar-refractivity contribution < 1.29 is 8.42 Å². The number of rotatable bonds is 2. The smallest absolute Gasteiger partial charge is 0.225 e. The Morgan fingerprint density at radius 3 is 2.05 bits per heavy atom. The van der Waals surface area contributed by atoms with E-state index in [2.05, 4.69) is 58.1 Å². The molecule has 1 rings (SSSR count). The molecular formula is C15H32N2O2S. The van der Waals surface area contributed by atoms with Gasteiger partial charge in [0.2, 0.25) is 10.0 Å². The van der Waals surface area contributed by atoms with Crippen molar-refractivity contribution in [3.63, 3.8) is 0 Å². The van der Waals surface area contributed by atoms with Gasteiger partial charge in [-0.15, -0.1) is 0 Å². The van der Waals surface area contributed by atoms with Crippen LogP contribution in [0.5, 0.6) is 0 Å². The van der Waals surface area contributed by atoms with E-state index in [4.69, 9.17) is 0 Å². The first-order chi connectivity index (χ1) is 8.87. The highest BCUT2D eigenvalue weighted by Crippen LogP contribution is 2.38. The molecule has 1 saturated heterocycles. The first kappa shape index (κ1) is 17.9. The summed E-state index contributed by atoms with van der Waals surface area (Å²) in [4.78, 5) is 2.09. The molecule has 0 aromatic heterocycles. The molecule has 0 aromatic carbocycles. The lowest BCUT2D eigenvalue weighted by molar-refractivity contribution is 0.0899. The fraction of sp³-hybridized carbons (Fsp3) is 1.00. The predicted molar refractivity (Wildman–Crippen MR) is 85.0 cm³/mol. The number of nitrogens with one attached hydrogen (secondary N) is 1. The van der Waals surface area contributed by atoms with E-state index < -0.39 is 10.0 Å². The zero-order valence-electron chi connectivity index (χ0n) is 14.2. The number of hydrogen-bond donors (Lipinski definition) is 1. The molecule has 1 heterocycles. The van der Waals surface area contributed by atoms with Crippen molar-refractivity contribution in [2.24, 2.45) is 16.7 Å². The van der Waals surface area contributed by atoms with Gasteiger partial charge in [-0.3, -0.25) is 4.90 Å². The third kappa shape index (κ3) is 4.71. The van der Waals surface area contributed by atoms with Crippen molar-refractivity contribution in [2.45, 2.75) is 60.9 Å². The molecule has 0 amide bonds. The van der Waals surface area contributed by atoms with Gasteiger partial charge in [0.15, 0.2) is 0 Å². The molecule has 0 aromatic rings. The van der Waals surface area contributed by atoms with Crippen LogP contribution in [0.15, 0.2) is 0 Å². The van der Waals surface area contributed by atoms with E-state index in [1.54, 1.807) is 0 Å². The largest absolute Gasteiger partial charge is 0.288 e. The van der Waals surface area contributed by atoms with Crippen molar-refractivity contribution in [1.82, 2.24) is 9.62 Å². The highest BCUT2D eigenvalue weighted by atomic mass is 32.2. The molecule has 0 spiro atoms. The number of nitrogens with zero attached hydrogens (tertiary/aromatic N) is 1. The summed E-state index contributed by atoms with van der Waals surface area (Å²) < 4.78 is 27.6. The molecule has 0 aliphatic carbocycles. The van der Waals surface area contributed by atoms with Crippen molar-refractivity contribution in [1.29, 1.82) is 0 Å². The zero-order valence-corrected chi connectivity index (χ0v) is 15.0. The van der Waals surface area contributed by atoms with Gasteiger partial charge in [-0.1, -0.05) is 48.5 Å². The van der Waals surface area contributed by atoms with Gasteiger partial charge in [0.25, 0.3) is 0 Å². The van der Waals surface area contributed by atoms with E-state index in [0.717, 1.165) is 19.5 Å². The summed E-state index contributed by atoms with van der Waals surface area (Å²) in [6.07, 6.45) is 0.979. The fourth-order valence-corrected chi connectivity index (χ4v) is 4.71. The first-order valence-electron chi connectivity index (χ1n) is 7.59. The van der Waals surface area contributed by atoms with E-state index in [1.165, 1.54) is 0 Å². The van der Waals surface area contributed by atoms with E-state index in [9.17, 15) is 8.42 Å². The van der Waals surface area contributed by atoms with Gasteiger partial charge in [0.05, 0.1) is 0 Å². The van der Waals surface area contributed by atoms with Crippen molar-refractivity contribution in [3.8, 4) is 0 Å². The minimum Gasteiger partial charge on any atom is -0.288 e. The van der Waals surface area contributed by atoms with E-state index in [1.807, 2.05) is 0 Å². The van der Waals surface area contributed by atoms with E-state index in [0.29, 0.717) is 5.92 Å². The molecule has 1 aliphatic rings. The van der Waals surface area contributed by atoms with Gasteiger partial charge >= 0.3 is 0 Å². The summed E-state index contributed by atoms with van der Waals surface area (Å²) in [5, 5.41) is 0. The van der Waals surface area contributed by atoms with Crippen LogP contribution in [0, 0.1) is 16.7 Å². The summed E-state index contributed by atoms with van der Waals surface area (Å²) in [5.74, 6) is 0.423. The highest BCUT2D eigenvalue weighted by molar-refractivity contribution is 7.89. The molecule has 2 unspecified atom stereocenters. The molecule has 1 aliphatic heterocycles. The number of hydrogen-bond acceptors (Lipinski definition) is 3. The van der Waals surface area contributed by atoms with Crippen LogP contribution in [0.3, 0.4) is 0 Å². The minimum atomic E-state index is -3.24. The van der Waals surface area contributed by atoms with Gasteiger partial charge < -0.3 is 0 Å². The molecule has 20 heavy (non-hydrogen) atoms. The third-order valence-electron chi connectivity index (χ3n) is 4.10. The van der Waals surface area contributed by atoms with Crippen molar-refractivity contribution in [2.75, 3.05) is 19.0 Å². The second-order valence-corrected chi connectivity index (χ2v) is 9.98. The van der Waals surface area contributed by atoms with Gasteiger partial charge in [-0.2, -0.15) is 0 Å². The van der Waals surface area contributed by atoms with Crippen LogP contribution in [0.25, 0.3) is 0 Å². The Morgan fingerprint density at radius 1 is 1.10 bits per heavy atom. The molecule has 1 N–H and O–H groups in total. The Labute approximate surface area is 125 Å². The summed E-state index contributed by atoms with van der Waals surface area (Å²) >= 11 is 0. The van der Waals surface area contributed by atoms with Crippen molar-refractivity contribution >= 4 is 10.0 Å². The van der Waals surface area contributed by atoms with Crippen molar-refractivity contribution in [3.05, 3.63) is 0 Å². The minimum absolute atomic E-state index is 0.0330. The molecule has 0 bridgehead atoms. The second kappa shape index (κ2) is 5.93. The Hall–Kier alpha value is -0.130.